The van der Waals surface area contributed by atoms with E-state index in [0.717, 1.165) is 32.9 Å². The van der Waals surface area contributed by atoms with Gasteiger partial charge in [0, 0.05) is 38.5 Å². The van der Waals surface area contributed by atoms with Crippen LogP contribution in [0.5, 0.6) is 23.0 Å². The van der Waals surface area contributed by atoms with Crippen molar-refractivity contribution in [3.63, 3.8) is 0 Å². The van der Waals surface area contributed by atoms with E-state index < -0.39 is 108 Å². The summed E-state index contributed by atoms with van der Waals surface area (Å²) in [4.78, 5) is 49.2. The summed E-state index contributed by atoms with van der Waals surface area (Å²) >= 11 is 0. The maximum Gasteiger partial charge on any atom is 0.303 e. The van der Waals surface area contributed by atoms with Crippen molar-refractivity contribution in [2.45, 2.75) is 76.1 Å². The van der Waals surface area contributed by atoms with Gasteiger partial charge in [-0.25, -0.2) is 0 Å². The topological polar surface area (TPSA) is 267 Å². The fourth-order valence-corrected chi connectivity index (χ4v) is 5.49. The first kappa shape index (κ1) is 36.3. The lowest BCUT2D eigenvalue weighted by molar-refractivity contribution is -0.310. The van der Waals surface area contributed by atoms with Crippen LogP contribution in [-0.2, 0) is 42.8 Å². The van der Waals surface area contributed by atoms with Crippen molar-refractivity contribution in [2.75, 3.05) is 13.2 Å². The van der Waals surface area contributed by atoms with Crippen molar-refractivity contribution in [1.29, 1.82) is 0 Å². The molecule has 18 nitrogen and oxygen atoms in total. The quantitative estimate of drug-likeness (QED) is 0.126. The van der Waals surface area contributed by atoms with E-state index in [1.54, 1.807) is 0 Å². The molecule has 2 aliphatic heterocycles. The highest BCUT2D eigenvalue weighted by Crippen LogP contribution is 2.37. The summed E-state index contributed by atoms with van der Waals surface area (Å²) in [7, 11) is 0. The number of ether oxygens (including phenoxy) is 7. The van der Waals surface area contributed by atoms with Gasteiger partial charge in [-0.2, -0.15) is 0 Å². The molecule has 0 bridgehead atoms. The van der Waals surface area contributed by atoms with Crippen LogP contribution in [0.3, 0.4) is 0 Å². The molecule has 6 N–H and O–H groups in total. The predicted molar refractivity (Wildman–Crippen MR) is 163 cm³/mol. The van der Waals surface area contributed by atoms with Crippen molar-refractivity contribution in [2.24, 2.45) is 0 Å². The van der Waals surface area contributed by atoms with Crippen LogP contribution in [0.25, 0.3) is 22.3 Å². The van der Waals surface area contributed by atoms with Crippen LogP contribution < -0.4 is 10.2 Å². The number of aliphatic hydroxyl groups excluding tert-OH is 3. The summed E-state index contributed by atoms with van der Waals surface area (Å²) in [5, 5.41) is 62.2. The summed E-state index contributed by atoms with van der Waals surface area (Å²) in [5.41, 5.74) is -1.05. The van der Waals surface area contributed by atoms with Crippen molar-refractivity contribution in [3.05, 3.63) is 46.6 Å². The molecule has 3 heterocycles. The molecule has 0 aliphatic carbocycles. The predicted octanol–water partition coefficient (Wildman–Crippen LogP) is -0.0688. The van der Waals surface area contributed by atoms with Gasteiger partial charge >= 0.3 is 17.9 Å². The standard InChI is InChI=1S/C32H34O18/c1-12(33)45-21-11-44-32(30(47-14(3)35)28(21)46-13(2)34)43-10-20-23(39)25(41)26(42)31(49-20)50-29-24(40)22-18(38)8-17(37)9-19(22)48-27(29)15-4-6-16(36)7-5-15/h4-9,20-21,23,25-26,28,30-32,36-39,41-42H,10-11H2,1-3H3. The molecule has 2 fully saturated rings. The molecule has 2 aromatic carbocycles. The third kappa shape index (κ3) is 7.75. The first-order valence-corrected chi connectivity index (χ1v) is 15.1. The summed E-state index contributed by atoms with van der Waals surface area (Å²) in [6, 6.07) is 7.24. The van der Waals surface area contributed by atoms with Crippen molar-refractivity contribution >= 4 is 28.9 Å². The highest BCUT2D eigenvalue weighted by molar-refractivity contribution is 5.88. The molecule has 18 heteroatoms. The SMILES string of the molecule is CC(=O)OC1COC(OCC2OC(Oc3c(-c4ccc(O)cc4)oc4cc(O)cc(O)c4c3=O)C(O)C(O)C2O)C(OC(C)=O)C1OC(C)=O. The van der Waals surface area contributed by atoms with Gasteiger partial charge in [0.2, 0.25) is 17.5 Å². The molecular formula is C32H34O18. The van der Waals surface area contributed by atoms with Gasteiger partial charge in [0.25, 0.3) is 0 Å². The van der Waals surface area contributed by atoms with Crippen LogP contribution in [0.2, 0.25) is 0 Å². The Morgan fingerprint density at radius 3 is 2.08 bits per heavy atom. The van der Waals surface area contributed by atoms with Gasteiger partial charge in [-0.15, -0.1) is 0 Å². The van der Waals surface area contributed by atoms with E-state index >= 15 is 0 Å². The minimum atomic E-state index is -1.98. The molecule has 5 rings (SSSR count). The van der Waals surface area contributed by atoms with Crippen molar-refractivity contribution in [3.8, 4) is 34.3 Å². The van der Waals surface area contributed by atoms with Crippen molar-refractivity contribution < 1.29 is 82.6 Å². The normalized spacial score (nSPS) is 28.1. The highest BCUT2D eigenvalue weighted by atomic mass is 16.7. The van der Waals surface area contributed by atoms with Crippen LogP contribution in [0, 0.1) is 0 Å². The second-order valence-electron chi connectivity index (χ2n) is 11.4. The fraction of sp³-hybridized carbons (Fsp3) is 0.438. The lowest BCUT2D eigenvalue weighted by atomic mass is 9.99. The van der Waals surface area contributed by atoms with E-state index in [-0.39, 0.29) is 29.3 Å². The number of aromatic hydroxyl groups is 3. The number of hydrogen-bond acceptors (Lipinski definition) is 18. The number of phenolic OH excluding ortho intramolecular Hbond substituents is 3. The summed E-state index contributed by atoms with van der Waals surface area (Å²) in [6.07, 6.45) is -14.7. The molecule has 0 radical (unpaired) electrons. The lowest BCUT2D eigenvalue weighted by Crippen LogP contribution is -2.62. The van der Waals surface area contributed by atoms with Crippen LogP contribution in [0.1, 0.15) is 20.8 Å². The zero-order valence-electron chi connectivity index (χ0n) is 26.7. The third-order valence-electron chi connectivity index (χ3n) is 7.68. The molecule has 50 heavy (non-hydrogen) atoms. The lowest BCUT2D eigenvalue weighted by Gasteiger charge is -2.42. The number of rotatable bonds is 9. The molecule has 0 amide bonds. The molecule has 0 saturated carbocycles. The van der Waals surface area contributed by atoms with Crippen LogP contribution in [0.4, 0.5) is 0 Å². The number of hydrogen-bond donors (Lipinski definition) is 6. The van der Waals surface area contributed by atoms with Gasteiger partial charge in [-0.05, 0) is 24.3 Å². The van der Waals surface area contributed by atoms with Crippen LogP contribution in [0.15, 0.2) is 45.6 Å². The number of aliphatic hydroxyl groups is 3. The second-order valence-corrected chi connectivity index (χ2v) is 11.4. The Morgan fingerprint density at radius 2 is 1.44 bits per heavy atom. The Morgan fingerprint density at radius 1 is 0.800 bits per heavy atom. The molecule has 9 atom stereocenters. The monoisotopic (exact) mass is 706 g/mol. The summed E-state index contributed by atoms with van der Waals surface area (Å²) < 4.78 is 44.4. The minimum Gasteiger partial charge on any atom is -0.508 e. The summed E-state index contributed by atoms with van der Waals surface area (Å²) in [6.45, 7) is 2.23. The Hall–Kier alpha value is -4.98. The van der Waals surface area contributed by atoms with E-state index in [0.29, 0.717) is 0 Å². The maximum atomic E-state index is 13.7. The van der Waals surface area contributed by atoms with Gasteiger partial charge in [-0.3, -0.25) is 19.2 Å². The number of esters is 3. The third-order valence-corrected chi connectivity index (χ3v) is 7.68. The maximum absolute atomic E-state index is 13.7. The molecule has 1 aromatic heterocycles. The number of benzene rings is 2. The molecule has 9 unspecified atom stereocenters. The Balaban J connectivity index is 1.43. The molecule has 3 aromatic rings. The average molecular weight is 707 g/mol. The first-order chi connectivity index (χ1) is 23.6. The van der Waals surface area contributed by atoms with E-state index in [2.05, 4.69) is 0 Å². The Kier molecular flexibility index (Phi) is 10.8. The molecule has 2 saturated heterocycles. The van der Waals surface area contributed by atoms with Gasteiger partial charge < -0.3 is 68.2 Å². The van der Waals surface area contributed by atoms with E-state index in [1.807, 2.05) is 0 Å². The average Bonchev–Trinajstić information content (AvgIpc) is 3.03. The van der Waals surface area contributed by atoms with Gasteiger partial charge in [0.05, 0.1) is 13.2 Å². The molecule has 0 spiro atoms. The van der Waals surface area contributed by atoms with Gasteiger partial charge in [0.15, 0.2) is 30.4 Å². The fourth-order valence-electron chi connectivity index (χ4n) is 5.49. The first-order valence-electron chi connectivity index (χ1n) is 15.1. The van der Waals surface area contributed by atoms with E-state index in [1.165, 1.54) is 24.3 Å². The number of carbonyl (C=O) groups is 3. The molecule has 270 valence electrons. The number of carbonyl (C=O) groups excluding carboxylic acids is 3. The smallest absolute Gasteiger partial charge is 0.303 e. The largest absolute Gasteiger partial charge is 0.508 e. The van der Waals surface area contributed by atoms with Crippen LogP contribution >= 0.6 is 0 Å². The van der Waals surface area contributed by atoms with Crippen molar-refractivity contribution in [1.82, 2.24) is 0 Å². The molecule has 2 aliphatic rings. The summed E-state index contributed by atoms with van der Waals surface area (Å²) in [5.74, 6) is -4.50. The number of fused-ring (bicyclic) bond motifs is 1. The Bertz CT molecular complexity index is 1790. The van der Waals surface area contributed by atoms with Gasteiger partial charge in [0.1, 0.15) is 52.6 Å². The Labute approximate surface area is 281 Å². The van der Waals surface area contributed by atoms with E-state index in [4.69, 9.17) is 37.6 Å². The van der Waals surface area contributed by atoms with Crippen LogP contribution in [-0.4, -0.2) is 117 Å². The van der Waals surface area contributed by atoms with Gasteiger partial charge in [-0.1, -0.05) is 0 Å². The zero-order valence-corrected chi connectivity index (χ0v) is 26.7. The highest BCUT2D eigenvalue weighted by Gasteiger charge is 2.50. The minimum absolute atomic E-state index is 0.125. The number of phenols is 3. The molecular weight excluding hydrogens is 672 g/mol. The second kappa shape index (κ2) is 14.9. The van der Waals surface area contributed by atoms with E-state index in [9.17, 15) is 49.8 Å². The zero-order chi connectivity index (χ0) is 36.4.